The molecule has 1 amide bonds. The SMILES string of the molecule is CC(=O)N1CC[C@@H](CN(C)Cc2cn[nH]c2-c2cccc(Cl)c2)C1. The van der Waals surface area contributed by atoms with E-state index in [1.807, 2.05) is 35.4 Å². The Morgan fingerprint density at radius 2 is 2.33 bits per heavy atom. The van der Waals surface area contributed by atoms with Gasteiger partial charge >= 0.3 is 0 Å². The molecule has 0 saturated carbocycles. The molecule has 1 aliphatic heterocycles. The van der Waals surface area contributed by atoms with E-state index in [1.54, 1.807) is 6.92 Å². The van der Waals surface area contributed by atoms with Crippen molar-refractivity contribution in [2.24, 2.45) is 5.92 Å². The predicted octanol–water partition coefficient (Wildman–Crippen LogP) is 3.03. The molecule has 0 aliphatic carbocycles. The molecule has 0 unspecified atom stereocenters. The lowest BCUT2D eigenvalue weighted by Gasteiger charge is -2.21. The van der Waals surface area contributed by atoms with Crippen LogP contribution >= 0.6 is 11.6 Å². The number of amides is 1. The molecule has 3 rings (SSSR count). The van der Waals surface area contributed by atoms with Crippen LogP contribution < -0.4 is 0 Å². The van der Waals surface area contributed by atoms with Crippen molar-refractivity contribution in [2.45, 2.75) is 19.9 Å². The van der Waals surface area contributed by atoms with Crippen molar-refractivity contribution in [1.29, 1.82) is 0 Å². The maximum absolute atomic E-state index is 11.5. The first-order valence-electron chi connectivity index (χ1n) is 8.25. The minimum Gasteiger partial charge on any atom is -0.343 e. The molecule has 0 bridgehead atoms. The Balaban J connectivity index is 1.63. The molecule has 2 heterocycles. The first-order chi connectivity index (χ1) is 11.5. The third kappa shape index (κ3) is 3.97. The molecule has 0 radical (unpaired) electrons. The Kier molecular flexibility index (Phi) is 5.21. The van der Waals surface area contributed by atoms with Crippen LogP contribution in [-0.4, -0.2) is 52.6 Å². The largest absolute Gasteiger partial charge is 0.343 e. The summed E-state index contributed by atoms with van der Waals surface area (Å²) in [4.78, 5) is 15.7. The van der Waals surface area contributed by atoms with Crippen LogP contribution in [0.3, 0.4) is 0 Å². The molecule has 0 spiro atoms. The molecule has 1 saturated heterocycles. The average molecular weight is 347 g/mol. The summed E-state index contributed by atoms with van der Waals surface area (Å²) in [6.45, 7) is 5.19. The highest BCUT2D eigenvalue weighted by Crippen LogP contribution is 2.25. The Bertz CT molecular complexity index is 715. The molecule has 6 heteroatoms. The van der Waals surface area contributed by atoms with Crippen LogP contribution in [0.2, 0.25) is 5.02 Å². The van der Waals surface area contributed by atoms with Crippen LogP contribution in [-0.2, 0) is 11.3 Å². The maximum Gasteiger partial charge on any atom is 0.219 e. The van der Waals surface area contributed by atoms with E-state index in [4.69, 9.17) is 11.6 Å². The molecule has 1 atom stereocenters. The molecule has 1 N–H and O–H groups in total. The van der Waals surface area contributed by atoms with Crippen LogP contribution in [0.4, 0.5) is 0 Å². The summed E-state index contributed by atoms with van der Waals surface area (Å²) in [7, 11) is 2.12. The molecular formula is C18H23ClN4O. The molecule has 1 aromatic carbocycles. The molecular weight excluding hydrogens is 324 g/mol. The van der Waals surface area contributed by atoms with Gasteiger partial charge in [0.2, 0.25) is 5.91 Å². The molecule has 1 aromatic heterocycles. The maximum atomic E-state index is 11.5. The van der Waals surface area contributed by atoms with Gasteiger partial charge < -0.3 is 9.80 Å². The highest BCUT2D eigenvalue weighted by molar-refractivity contribution is 6.30. The van der Waals surface area contributed by atoms with Crippen LogP contribution in [0.15, 0.2) is 30.5 Å². The van der Waals surface area contributed by atoms with E-state index in [2.05, 4.69) is 22.1 Å². The fraction of sp³-hybridized carbons (Fsp3) is 0.444. The van der Waals surface area contributed by atoms with Gasteiger partial charge in [-0.3, -0.25) is 9.89 Å². The van der Waals surface area contributed by atoms with Gasteiger partial charge in [-0.2, -0.15) is 5.10 Å². The van der Waals surface area contributed by atoms with E-state index in [0.717, 1.165) is 54.4 Å². The summed E-state index contributed by atoms with van der Waals surface area (Å²) >= 11 is 6.10. The minimum absolute atomic E-state index is 0.179. The second-order valence-electron chi connectivity index (χ2n) is 6.60. The number of H-pyrrole nitrogens is 1. The highest BCUT2D eigenvalue weighted by Gasteiger charge is 2.25. The number of carbonyl (C=O) groups is 1. The van der Waals surface area contributed by atoms with Crippen LogP contribution in [0.25, 0.3) is 11.3 Å². The highest BCUT2D eigenvalue weighted by atomic mass is 35.5. The fourth-order valence-corrected chi connectivity index (χ4v) is 3.58. The second-order valence-corrected chi connectivity index (χ2v) is 7.03. The van der Waals surface area contributed by atoms with Crippen molar-refractivity contribution in [1.82, 2.24) is 20.0 Å². The molecule has 1 aliphatic rings. The fourth-order valence-electron chi connectivity index (χ4n) is 3.39. The van der Waals surface area contributed by atoms with Crippen molar-refractivity contribution in [3.05, 3.63) is 41.0 Å². The number of halogens is 1. The smallest absolute Gasteiger partial charge is 0.219 e. The normalized spacial score (nSPS) is 17.7. The summed E-state index contributed by atoms with van der Waals surface area (Å²) in [5, 5.41) is 8.00. The van der Waals surface area contributed by atoms with Crippen LogP contribution in [0.1, 0.15) is 18.9 Å². The number of hydrogen-bond acceptors (Lipinski definition) is 3. The number of aromatic amines is 1. The van der Waals surface area contributed by atoms with Gasteiger partial charge in [-0.25, -0.2) is 0 Å². The number of carbonyl (C=O) groups excluding carboxylic acids is 1. The van der Waals surface area contributed by atoms with Gasteiger partial charge in [0.1, 0.15) is 0 Å². The lowest BCUT2D eigenvalue weighted by atomic mass is 10.1. The summed E-state index contributed by atoms with van der Waals surface area (Å²) < 4.78 is 0. The van der Waals surface area contributed by atoms with E-state index in [0.29, 0.717) is 5.92 Å². The summed E-state index contributed by atoms with van der Waals surface area (Å²) in [6.07, 6.45) is 2.96. The average Bonchev–Trinajstić information content (AvgIpc) is 3.16. The topological polar surface area (TPSA) is 52.2 Å². The van der Waals surface area contributed by atoms with Crippen molar-refractivity contribution in [2.75, 3.05) is 26.7 Å². The number of nitrogens with zero attached hydrogens (tertiary/aromatic N) is 3. The Morgan fingerprint density at radius 1 is 1.50 bits per heavy atom. The van der Waals surface area contributed by atoms with Gasteiger partial charge in [-0.1, -0.05) is 23.7 Å². The first-order valence-corrected chi connectivity index (χ1v) is 8.63. The first kappa shape index (κ1) is 17.0. The van der Waals surface area contributed by atoms with Crippen molar-refractivity contribution in [3.8, 4) is 11.3 Å². The Morgan fingerprint density at radius 3 is 3.04 bits per heavy atom. The van der Waals surface area contributed by atoms with Gasteiger partial charge in [0.05, 0.1) is 11.9 Å². The van der Waals surface area contributed by atoms with Gasteiger partial charge in [0.25, 0.3) is 0 Å². The summed E-state index contributed by atoms with van der Waals surface area (Å²) in [5.41, 5.74) is 3.22. The lowest BCUT2D eigenvalue weighted by Crippen LogP contribution is -2.30. The van der Waals surface area contributed by atoms with Gasteiger partial charge in [0.15, 0.2) is 0 Å². The summed E-state index contributed by atoms with van der Waals surface area (Å²) in [6, 6.07) is 7.79. The predicted molar refractivity (Wildman–Crippen MR) is 95.7 cm³/mol. The van der Waals surface area contributed by atoms with E-state index in [-0.39, 0.29) is 5.91 Å². The minimum atomic E-state index is 0.179. The monoisotopic (exact) mass is 346 g/mol. The van der Waals surface area contributed by atoms with E-state index in [9.17, 15) is 4.79 Å². The second kappa shape index (κ2) is 7.36. The molecule has 2 aromatic rings. The number of likely N-dealkylation sites (tertiary alicyclic amines) is 1. The van der Waals surface area contributed by atoms with Gasteiger partial charge in [-0.15, -0.1) is 0 Å². The number of hydrogen-bond donors (Lipinski definition) is 1. The quantitative estimate of drug-likeness (QED) is 0.905. The zero-order valence-electron chi connectivity index (χ0n) is 14.1. The van der Waals surface area contributed by atoms with E-state index in [1.165, 1.54) is 0 Å². The van der Waals surface area contributed by atoms with Crippen molar-refractivity contribution in [3.63, 3.8) is 0 Å². The summed E-state index contributed by atoms with van der Waals surface area (Å²) in [5.74, 6) is 0.721. The lowest BCUT2D eigenvalue weighted by molar-refractivity contribution is -0.127. The standard InChI is InChI=1S/C18H23ClN4O/c1-13(24)23-7-6-14(11-23)10-22(2)12-16-9-20-21-18(16)15-4-3-5-17(19)8-15/h3-5,8-9,14H,6-7,10-12H2,1-2H3,(H,20,21)/t14-/m0/s1. The van der Waals surface area contributed by atoms with Gasteiger partial charge in [-0.05, 0) is 31.5 Å². The van der Waals surface area contributed by atoms with Gasteiger partial charge in [0, 0.05) is 49.3 Å². The molecule has 128 valence electrons. The van der Waals surface area contributed by atoms with Crippen molar-refractivity contribution >= 4 is 17.5 Å². The number of rotatable bonds is 5. The Labute approximate surface area is 147 Å². The van der Waals surface area contributed by atoms with E-state index >= 15 is 0 Å². The number of benzene rings is 1. The van der Waals surface area contributed by atoms with Crippen LogP contribution in [0, 0.1) is 5.92 Å². The third-order valence-electron chi connectivity index (χ3n) is 4.57. The third-order valence-corrected chi connectivity index (χ3v) is 4.81. The zero-order chi connectivity index (χ0) is 17.1. The zero-order valence-corrected chi connectivity index (χ0v) is 14.9. The number of aromatic nitrogens is 2. The van der Waals surface area contributed by atoms with Crippen molar-refractivity contribution < 1.29 is 4.79 Å². The number of nitrogens with one attached hydrogen (secondary N) is 1. The Hall–Kier alpha value is -1.85. The molecule has 5 nitrogen and oxygen atoms in total. The van der Waals surface area contributed by atoms with E-state index < -0.39 is 0 Å². The molecule has 24 heavy (non-hydrogen) atoms. The van der Waals surface area contributed by atoms with Crippen LogP contribution in [0.5, 0.6) is 0 Å². The molecule has 1 fully saturated rings.